The zero-order chi connectivity index (χ0) is 54.3. The van der Waals surface area contributed by atoms with E-state index in [9.17, 15) is 19.8 Å². The molecule has 6 nitrogen and oxygen atoms in total. The van der Waals surface area contributed by atoms with Gasteiger partial charge in [0.2, 0.25) is 5.91 Å². The van der Waals surface area contributed by atoms with E-state index in [1.807, 2.05) is 6.08 Å². The van der Waals surface area contributed by atoms with E-state index in [-0.39, 0.29) is 18.5 Å². The van der Waals surface area contributed by atoms with Gasteiger partial charge in [0.25, 0.3) is 0 Å². The number of nitrogens with one attached hydrogen (secondary N) is 1. The van der Waals surface area contributed by atoms with E-state index in [1.165, 1.54) is 308 Å². The van der Waals surface area contributed by atoms with Crippen molar-refractivity contribution in [2.45, 2.75) is 392 Å². The van der Waals surface area contributed by atoms with Crippen molar-refractivity contribution in [1.82, 2.24) is 5.32 Å². The van der Waals surface area contributed by atoms with Crippen LogP contribution in [-0.2, 0) is 14.3 Å². The highest BCUT2D eigenvalue weighted by Crippen LogP contribution is 2.18. The van der Waals surface area contributed by atoms with Gasteiger partial charge in [-0.1, -0.05) is 334 Å². The van der Waals surface area contributed by atoms with Gasteiger partial charge in [-0.25, -0.2) is 0 Å². The van der Waals surface area contributed by atoms with E-state index in [0.717, 1.165) is 44.9 Å². The summed E-state index contributed by atoms with van der Waals surface area (Å²) < 4.78 is 5.50. The summed E-state index contributed by atoms with van der Waals surface area (Å²) in [4.78, 5) is 24.6. The van der Waals surface area contributed by atoms with Crippen molar-refractivity contribution in [1.29, 1.82) is 0 Å². The van der Waals surface area contributed by atoms with E-state index in [4.69, 9.17) is 4.74 Å². The van der Waals surface area contributed by atoms with E-state index in [2.05, 4.69) is 31.3 Å². The van der Waals surface area contributed by atoms with Gasteiger partial charge in [-0.3, -0.25) is 9.59 Å². The molecule has 0 aromatic carbocycles. The molecule has 0 aromatic rings. The van der Waals surface area contributed by atoms with Crippen LogP contribution in [0.3, 0.4) is 0 Å². The lowest BCUT2D eigenvalue weighted by atomic mass is 10.0. The summed E-state index contributed by atoms with van der Waals surface area (Å²) in [5, 5.41) is 23.2. The lowest BCUT2D eigenvalue weighted by Crippen LogP contribution is -2.45. The number of carbonyl (C=O) groups excluding carboxylic acids is 2. The summed E-state index contributed by atoms with van der Waals surface area (Å²) in [6.45, 7) is 4.93. The lowest BCUT2D eigenvalue weighted by Gasteiger charge is -2.20. The van der Waals surface area contributed by atoms with Crippen molar-refractivity contribution in [3.8, 4) is 0 Å². The number of aliphatic hydroxyl groups is 2. The Morgan fingerprint density at radius 2 is 0.627 bits per heavy atom. The molecule has 2 unspecified atom stereocenters. The minimum Gasteiger partial charge on any atom is -0.466 e. The average molecular weight is 1060 g/mol. The van der Waals surface area contributed by atoms with Crippen LogP contribution in [0.25, 0.3) is 0 Å². The molecule has 0 aliphatic heterocycles. The fourth-order valence-electron chi connectivity index (χ4n) is 10.7. The number of carbonyl (C=O) groups is 2. The third-order valence-corrected chi connectivity index (χ3v) is 16.0. The smallest absolute Gasteiger partial charge is 0.305 e. The second-order valence-corrected chi connectivity index (χ2v) is 23.5. The lowest BCUT2D eigenvalue weighted by molar-refractivity contribution is -0.143. The molecule has 0 spiro atoms. The van der Waals surface area contributed by atoms with Crippen molar-refractivity contribution < 1.29 is 24.5 Å². The number of esters is 1. The number of rotatable bonds is 64. The van der Waals surface area contributed by atoms with E-state index < -0.39 is 12.1 Å². The number of allylic oxidation sites excluding steroid dienone is 3. The fraction of sp³-hybridized carbons (Fsp3) is 0.913. The maximum Gasteiger partial charge on any atom is 0.305 e. The van der Waals surface area contributed by atoms with Crippen LogP contribution in [0.1, 0.15) is 380 Å². The molecule has 0 heterocycles. The fourth-order valence-corrected chi connectivity index (χ4v) is 10.7. The zero-order valence-electron chi connectivity index (χ0n) is 50.8. The molecule has 0 saturated heterocycles. The number of hydrogen-bond donors (Lipinski definition) is 3. The summed E-state index contributed by atoms with van der Waals surface area (Å²) in [5.74, 6) is -0.0654. The molecule has 0 aromatic heterocycles. The van der Waals surface area contributed by atoms with Crippen LogP contribution in [0, 0.1) is 0 Å². The van der Waals surface area contributed by atoms with Crippen LogP contribution in [-0.4, -0.2) is 47.4 Å². The second kappa shape index (κ2) is 64.9. The van der Waals surface area contributed by atoms with Gasteiger partial charge in [0, 0.05) is 12.8 Å². The molecule has 0 saturated carbocycles. The normalized spacial score (nSPS) is 12.6. The Bertz CT molecular complexity index is 1170. The van der Waals surface area contributed by atoms with E-state index in [0.29, 0.717) is 19.4 Å². The van der Waals surface area contributed by atoms with Crippen molar-refractivity contribution in [2.75, 3.05) is 13.2 Å². The van der Waals surface area contributed by atoms with Crippen molar-refractivity contribution in [3.63, 3.8) is 0 Å². The maximum absolute atomic E-state index is 12.5. The number of hydrogen-bond acceptors (Lipinski definition) is 5. The molecular weight excluding hydrogens is 923 g/mol. The van der Waals surface area contributed by atoms with Gasteiger partial charge in [-0.2, -0.15) is 0 Å². The van der Waals surface area contributed by atoms with E-state index >= 15 is 0 Å². The topological polar surface area (TPSA) is 95.9 Å². The largest absolute Gasteiger partial charge is 0.466 e. The van der Waals surface area contributed by atoms with Crippen molar-refractivity contribution in [3.05, 3.63) is 24.3 Å². The zero-order valence-corrected chi connectivity index (χ0v) is 50.8. The molecular formula is C69H133NO5. The molecule has 0 fully saturated rings. The van der Waals surface area contributed by atoms with E-state index in [1.54, 1.807) is 6.08 Å². The number of aliphatic hydroxyl groups excluding tert-OH is 2. The van der Waals surface area contributed by atoms with Crippen LogP contribution in [0.2, 0.25) is 0 Å². The standard InChI is InChI=1S/C69H133NO5/c1-3-5-7-9-11-13-15-17-19-21-23-24-26-29-33-37-41-45-49-53-57-61-67(72)66(65-71)70-68(73)62-58-54-50-46-42-38-34-30-27-25-28-32-36-40-44-48-52-56-60-64-75-69(74)63-59-55-51-47-43-39-35-31-22-20-18-16-14-12-10-8-6-4-2/h25,27,57,61,66-67,71-72H,3-24,26,28-56,58-60,62-65H2,1-2H3,(H,70,73)/b27-25-,61-57+. The average Bonchev–Trinajstić information content (AvgIpc) is 3.41. The second-order valence-electron chi connectivity index (χ2n) is 23.5. The Hall–Kier alpha value is -1.66. The molecule has 6 heteroatoms. The van der Waals surface area contributed by atoms with Crippen LogP contribution < -0.4 is 5.32 Å². The summed E-state index contributed by atoms with van der Waals surface area (Å²) in [6.07, 6.45) is 80.9. The molecule has 444 valence electrons. The van der Waals surface area contributed by atoms with Crippen LogP contribution >= 0.6 is 0 Å². The molecule has 2 atom stereocenters. The third kappa shape index (κ3) is 61.4. The first-order chi connectivity index (χ1) is 37.0. The van der Waals surface area contributed by atoms with Crippen LogP contribution in [0.4, 0.5) is 0 Å². The monoisotopic (exact) mass is 1060 g/mol. The minimum absolute atomic E-state index is 0.00841. The summed E-state index contributed by atoms with van der Waals surface area (Å²) in [6, 6.07) is -0.636. The Morgan fingerprint density at radius 1 is 0.360 bits per heavy atom. The number of amides is 1. The Balaban J connectivity index is 3.44. The SMILES string of the molecule is CCCCCCCCCCCCCCCCCCCCC/C=C/C(O)C(CO)NC(=O)CCCCCCCCC/C=C\CCCCCCCCCCOC(=O)CCCCCCCCCCCCCCCCCCCC. The van der Waals surface area contributed by atoms with Gasteiger partial charge in [-0.05, 0) is 57.8 Å². The molecule has 3 N–H and O–H groups in total. The molecule has 75 heavy (non-hydrogen) atoms. The van der Waals surface area contributed by atoms with Crippen LogP contribution in [0.5, 0.6) is 0 Å². The van der Waals surface area contributed by atoms with Gasteiger partial charge in [0.15, 0.2) is 0 Å². The van der Waals surface area contributed by atoms with Crippen molar-refractivity contribution in [2.24, 2.45) is 0 Å². The Kier molecular flexibility index (Phi) is 63.4. The molecule has 0 aliphatic carbocycles. The number of unbranched alkanes of at least 4 members (excludes halogenated alkanes) is 51. The molecule has 0 radical (unpaired) electrons. The number of ether oxygens (including phenoxy) is 1. The van der Waals surface area contributed by atoms with Crippen LogP contribution in [0.15, 0.2) is 24.3 Å². The molecule has 1 amide bonds. The quantitative estimate of drug-likeness (QED) is 0.0320. The first-order valence-electron chi connectivity index (χ1n) is 34.1. The Morgan fingerprint density at radius 3 is 0.947 bits per heavy atom. The first kappa shape index (κ1) is 73.3. The van der Waals surface area contributed by atoms with Gasteiger partial charge in [0.1, 0.15) is 0 Å². The highest BCUT2D eigenvalue weighted by atomic mass is 16.5. The predicted octanol–water partition coefficient (Wildman–Crippen LogP) is 21.8. The summed E-state index contributed by atoms with van der Waals surface area (Å²) in [5.41, 5.74) is 0. The predicted molar refractivity (Wildman–Crippen MR) is 329 cm³/mol. The summed E-state index contributed by atoms with van der Waals surface area (Å²) in [7, 11) is 0. The highest BCUT2D eigenvalue weighted by Gasteiger charge is 2.18. The summed E-state index contributed by atoms with van der Waals surface area (Å²) >= 11 is 0. The highest BCUT2D eigenvalue weighted by molar-refractivity contribution is 5.76. The molecule has 0 rings (SSSR count). The van der Waals surface area contributed by atoms with Gasteiger partial charge in [0.05, 0.1) is 25.4 Å². The van der Waals surface area contributed by atoms with Gasteiger partial charge >= 0.3 is 5.97 Å². The van der Waals surface area contributed by atoms with Crippen molar-refractivity contribution >= 4 is 11.9 Å². The minimum atomic E-state index is -0.852. The third-order valence-electron chi connectivity index (χ3n) is 16.0. The Labute approximate surface area is 469 Å². The maximum atomic E-state index is 12.5. The molecule has 0 aliphatic rings. The first-order valence-corrected chi connectivity index (χ1v) is 34.1. The molecule has 0 bridgehead atoms. The van der Waals surface area contributed by atoms with Gasteiger partial charge < -0.3 is 20.3 Å². The van der Waals surface area contributed by atoms with Gasteiger partial charge in [-0.15, -0.1) is 0 Å².